The zero-order valence-electron chi connectivity index (χ0n) is 12.0. The monoisotopic (exact) mass is 393 g/mol. The molecule has 0 aliphatic carbocycles. The second-order valence-electron chi connectivity index (χ2n) is 4.57. The topological polar surface area (TPSA) is 122 Å². The number of nitrogens with one attached hydrogen (secondary N) is 1. The maximum Gasteiger partial charge on any atom is 0.273 e. The minimum atomic E-state index is -1.44. The Bertz CT molecular complexity index is 808. The van der Waals surface area contributed by atoms with Crippen LogP contribution in [-0.2, 0) is 4.79 Å². The number of nitro groups is 1. The van der Waals surface area contributed by atoms with Crippen molar-refractivity contribution in [2.75, 3.05) is 11.9 Å². The highest BCUT2D eigenvalue weighted by molar-refractivity contribution is 9.10. The number of non-ortho nitro benzene ring substituents is 1. The molecule has 8 nitrogen and oxygen atoms in total. The second-order valence-corrected chi connectivity index (χ2v) is 5.48. The summed E-state index contributed by atoms with van der Waals surface area (Å²) in [5.41, 5.74) is -0.293. The zero-order chi connectivity index (χ0) is 17.7. The Labute approximate surface area is 144 Å². The Morgan fingerprint density at radius 3 is 2.62 bits per heavy atom. The van der Waals surface area contributed by atoms with Gasteiger partial charge in [0.15, 0.2) is 6.61 Å². The van der Waals surface area contributed by atoms with Gasteiger partial charge in [-0.05, 0) is 24.3 Å². The first-order valence-electron chi connectivity index (χ1n) is 6.55. The van der Waals surface area contributed by atoms with Gasteiger partial charge in [-0.2, -0.15) is 0 Å². The Balaban J connectivity index is 2.03. The highest BCUT2D eigenvalue weighted by Crippen LogP contribution is 2.21. The molecule has 0 fully saturated rings. The largest absolute Gasteiger partial charge is 0.545 e. The van der Waals surface area contributed by atoms with E-state index < -0.39 is 23.4 Å². The molecule has 0 spiro atoms. The van der Waals surface area contributed by atoms with Crippen molar-refractivity contribution < 1.29 is 24.4 Å². The molecule has 24 heavy (non-hydrogen) atoms. The lowest BCUT2D eigenvalue weighted by Crippen LogP contribution is -2.26. The fourth-order valence-corrected chi connectivity index (χ4v) is 2.18. The summed E-state index contributed by atoms with van der Waals surface area (Å²) in [6, 6.07) is 9.62. The second kappa shape index (κ2) is 7.55. The number of anilines is 1. The van der Waals surface area contributed by atoms with Crippen molar-refractivity contribution in [2.45, 2.75) is 0 Å². The van der Waals surface area contributed by atoms with Crippen molar-refractivity contribution in [2.24, 2.45) is 0 Å². The molecular formula is C15H10BrN2O6-. The summed E-state index contributed by atoms with van der Waals surface area (Å²) >= 11 is 3.13. The third-order valence-corrected chi connectivity index (χ3v) is 3.37. The first kappa shape index (κ1) is 17.4. The van der Waals surface area contributed by atoms with Gasteiger partial charge >= 0.3 is 0 Å². The highest BCUT2D eigenvalue weighted by Gasteiger charge is 2.11. The minimum Gasteiger partial charge on any atom is -0.545 e. The lowest BCUT2D eigenvalue weighted by molar-refractivity contribution is -0.384. The average Bonchev–Trinajstić information content (AvgIpc) is 2.54. The van der Waals surface area contributed by atoms with Crippen molar-refractivity contribution in [1.29, 1.82) is 0 Å². The average molecular weight is 394 g/mol. The number of nitrogens with zero attached hydrogens (tertiary/aromatic N) is 1. The summed E-state index contributed by atoms with van der Waals surface area (Å²) in [7, 11) is 0. The third kappa shape index (κ3) is 4.53. The fourth-order valence-electron chi connectivity index (χ4n) is 1.82. The third-order valence-electron chi connectivity index (χ3n) is 2.87. The number of aromatic carboxylic acids is 1. The van der Waals surface area contributed by atoms with Crippen LogP contribution in [0.25, 0.3) is 0 Å². The molecular weight excluding hydrogens is 384 g/mol. The molecule has 0 aliphatic heterocycles. The Morgan fingerprint density at radius 1 is 1.21 bits per heavy atom. The molecule has 124 valence electrons. The molecule has 1 N–H and O–H groups in total. The number of amides is 1. The number of carboxylic acids is 1. The first-order chi connectivity index (χ1) is 11.4. The molecule has 0 saturated heterocycles. The van der Waals surface area contributed by atoms with Gasteiger partial charge in [0, 0.05) is 21.8 Å². The Hall–Kier alpha value is -2.94. The summed E-state index contributed by atoms with van der Waals surface area (Å²) < 4.78 is 5.69. The zero-order valence-corrected chi connectivity index (χ0v) is 13.6. The van der Waals surface area contributed by atoms with Gasteiger partial charge in [0.25, 0.3) is 11.6 Å². The number of carboxylic acid groups (broad SMARTS) is 1. The quantitative estimate of drug-likeness (QED) is 0.588. The van der Waals surface area contributed by atoms with E-state index in [1.165, 1.54) is 36.4 Å². The van der Waals surface area contributed by atoms with Crippen molar-refractivity contribution >= 4 is 39.2 Å². The molecule has 2 rings (SSSR count). The smallest absolute Gasteiger partial charge is 0.273 e. The van der Waals surface area contributed by atoms with Crippen LogP contribution in [0.2, 0.25) is 0 Å². The molecule has 0 unspecified atom stereocenters. The molecule has 9 heteroatoms. The van der Waals surface area contributed by atoms with Crippen LogP contribution in [0.3, 0.4) is 0 Å². The minimum absolute atomic E-state index is 0.0610. The molecule has 0 atom stereocenters. The van der Waals surface area contributed by atoms with Crippen LogP contribution in [0.5, 0.6) is 5.75 Å². The number of carbonyl (C=O) groups excluding carboxylic acids is 2. The van der Waals surface area contributed by atoms with Gasteiger partial charge in [-0.15, -0.1) is 0 Å². The Kier molecular flexibility index (Phi) is 5.48. The van der Waals surface area contributed by atoms with Crippen molar-refractivity contribution in [1.82, 2.24) is 0 Å². The van der Waals surface area contributed by atoms with Crippen LogP contribution < -0.4 is 15.2 Å². The van der Waals surface area contributed by atoms with E-state index in [0.717, 1.165) is 0 Å². The van der Waals surface area contributed by atoms with Crippen LogP contribution in [0.4, 0.5) is 11.4 Å². The summed E-state index contributed by atoms with van der Waals surface area (Å²) in [6.07, 6.45) is 0. The van der Waals surface area contributed by atoms with E-state index in [1.807, 2.05) is 0 Å². The molecule has 0 aromatic heterocycles. The van der Waals surface area contributed by atoms with Gasteiger partial charge in [-0.25, -0.2) is 0 Å². The predicted octanol–water partition coefficient (Wildman–Crippen LogP) is 1.74. The van der Waals surface area contributed by atoms with Crippen LogP contribution >= 0.6 is 15.9 Å². The summed E-state index contributed by atoms with van der Waals surface area (Å²) in [5.74, 6) is -1.91. The Morgan fingerprint density at radius 2 is 1.96 bits per heavy atom. The van der Waals surface area contributed by atoms with E-state index in [4.69, 9.17) is 4.74 Å². The molecule has 0 heterocycles. The van der Waals surface area contributed by atoms with Gasteiger partial charge < -0.3 is 20.0 Å². The summed E-state index contributed by atoms with van der Waals surface area (Å²) in [5, 5.41) is 24.1. The van der Waals surface area contributed by atoms with Crippen molar-refractivity contribution in [3.05, 3.63) is 62.6 Å². The van der Waals surface area contributed by atoms with E-state index in [2.05, 4.69) is 21.2 Å². The van der Waals surface area contributed by atoms with E-state index in [9.17, 15) is 24.8 Å². The number of hydrogen-bond acceptors (Lipinski definition) is 6. The molecule has 0 radical (unpaired) electrons. The molecule has 0 aliphatic rings. The fraction of sp³-hybridized carbons (Fsp3) is 0.0667. The van der Waals surface area contributed by atoms with Crippen LogP contribution in [0.1, 0.15) is 10.4 Å². The molecule has 0 bridgehead atoms. The maximum absolute atomic E-state index is 11.9. The predicted molar refractivity (Wildman–Crippen MR) is 85.7 cm³/mol. The molecule has 0 saturated carbocycles. The molecule has 1 amide bonds. The number of carbonyl (C=O) groups is 2. The van der Waals surface area contributed by atoms with Crippen LogP contribution in [-0.4, -0.2) is 23.4 Å². The standard InChI is InChI=1S/C15H11BrN2O6/c16-9-4-5-13(12(6-9)15(20)21)17-14(19)8-24-11-3-1-2-10(7-11)18(22)23/h1-7H,8H2,(H,17,19)(H,20,21)/p-1. The van der Waals surface area contributed by atoms with Gasteiger partial charge in [0.1, 0.15) is 5.75 Å². The number of rotatable bonds is 6. The van der Waals surface area contributed by atoms with Crippen LogP contribution in [0, 0.1) is 10.1 Å². The molecule has 2 aromatic rings. The van der Waals surface area contributed by atoms with Gasteiger partial charge in [0.05, 0.1) is 17.0 Å². The van der Waals surface area contributed by atoms with E-state index in [0.29, 0.717) is 4.47 Å². The number of halogens is 1. The summed E-state index contributed by atoms with van der Waals surface area (Å²) in [4.78, 5) is 33.0. The van der Waals surface area contributed by atoms with Gasteiger partial charge in [-0.3, -0.25) is 14.9 Å². The number of ether oxygens (including phenoxy) is 1. The van der Waals surface area contributed by atoms with Crippen LogP contribution in [0.15, 0.2) is 46.9 Å². The van der Waals surface area contributed by atoms with E-state index in [-0.39, 0.29) is 22.7 Å². The SMILES string of the molecule is O=C(COc1cccc([N+](=O)[O-])c1)Nc1ccc(Br)cc1C(=O)[O-]. The van der Waals surface area contributed by atoms with E-state index >= 15 is 0 Å². The number of benzene rings is 2. The van der Waals surface area contributed by atoms with Gasteiger partial charge in [0.2, 0.25) is 0 Å². The maximum atomic E-state index is 11.9. The van der Waals surface area contributed by atoms with Crippen molar-refractivity contribution in [3.8, 4) is 5.75 Å². The van der Waals surface area contributed by atoms with E-state index in [1.54, 1.807) is 6.07 Å². The highest BCUT2D eigenvalue weighted by atomic mass is 79.9. The normalized spacial score (nSPS) is 10.0. The summed E-state index contributed by atoms with van der Waals surface area (Å²) in [6.45, 7) is -0.441. The lowest BCUT2D eigenvalue weighted by Gasteiger charge is -2.12. The lowest BCUT2D eigenvalue weighted by atomic mass is 10.2. The number of nitro benzene ring substituents is 1. The number of hydrogen-bond donors (Lipinski definition) is 1. The van der Waals surface area contributed by atoms with Gasteiger partial charge in [-0.1, -0.05) is 22.0 Å². The first-order valence-corrected chi connectivity index (χ1v) is 7.34. The van der Waals surface area contributed by atoms with Crippen molar-refractivity contribution in [3.63, 3.8) is 0 Å². The molecule has 2 aromatic carbocycles.